The molecule has 5 heteroatoms. The first-order chi connectivity index (χ1) is 14.0. The minimum Gasteiger partial charge on any atom is -0.356 e. The van der Waals surface area contributed by atoms with Crippen molar-refractivity contribution >= 4 is 28.9 Å². The Kier molecular flexibility index (Phi) is 6.68. The average Bonchev–Trinajstić information content (AvgIpc) is 2.75. The van der Waals surface area contributed by atoms with Crippen LogP contribution in [-0.2, 0) is 4.79 Å². The SMILES string of the molecule is CNC(=O)C(/N=C(\c1cccc(Cl)c1)c1ccccc1C)N(C)c1ccccc1. The van der Waals surface area contributed by atoms with E-state index in [-0.39, 0.29) is 5.91 Å². The number of rotatable bonds is 6. The van der Waals surface area contributed by atoms with Gasteiger partial charge in [0, 0.05) is 35.9 Å². The Morgan fingerprint density at radius 3 is 2.34 bits per heavy atom. The molecule has 4 nitrogen and oxygen atoms in total. The summed E-state index contributed by atoms with van der Waals surface area (Å²) in [5.74, 6) is -0.190. The van der Waals surface area contributed by atoms with Crippen LogP contribution >= 0.6 is 11.6 Å². The number of nitrogens with zero attached hydrogens (tertiary/aromatic N) is 2. The second kappa shape index (κ2) is 9.39. The summed E-state index contributed by atoms with van der Waals surface area (Å²) in [5, 5.41) is 3.36. The molecule has 0 fully saturated rings. The molecule has 0 saturated heterocycles. The van der Waals surface area contributed by atoms with Crippen molar-refractivity contribution in [1.29, 1.82) is 0 Å². The lowest BCUT2D eigenvalue weighted by molar-refractivity contribution is -0.121. The highest BCUT2D eigenvalue weighted by molar-refractivity contribution is 6.31. The molecule has 0 aliphatic carbocycles. The standard InChI is InChI=1S/C24H24ClN3O/c1-17-10-7-8-15-21(17)22(18-11-9-12-19(25)16-18)27-23(24(29)26-2)28(3)20-13-5-4-6-14-20/h4-16,23H,1-3H3,(H,26,29)/b27-22+. The van der Waals surface area contributed by atoms with Crippen LogP contribution in [-0.4, -0.2) is 31.9 Å². The molecular formula is C24H24ClN3O. The zero-order valence-corrected chi connectivity index (χ0v) is 17.5. The summed E-state index contributed by atoms with van der Waals surface area (Å²) >= 11 is 6.26. The van der Waals surface area contributed by atoms with Crippen molar-refractivity contribution in [2.75, 3.05) is 19.0 Å². The summed E-state index contributed by atoms with van der Waals surface area (Å²) in [6, 6.07) is 25.3. The normalized spacial score (nSPS) is 12.3. The van der Waals surface area contributed by atoms with E-state index >= 15 is 0 Å². The second-order valence-corrected chi connectivity index (χ2v) is 7.17. The van der Waals surface area contributed by atoms with E-state index < -0.39 is 6.17 Å². The number of carbonyl (C=O) groups excluding carboxylic acids is 1. The Hall–Kier alpha value is -3.11. The van der Waals surface area contributed by atoms with Crippen LogP contribution in [0.25, 0.3) is 0 Å². The maximum atomic E-state index is 12.8. The smallest absolute Gasteiger partial charge is 0.265 e. The molecule has 0 aliphatic heterocycles. The van der Waals surface area contributed by atoms with Gasteiger partial charge in [0.05, 0.1) is 5.71 Å². The Morgan fingerprint density at radius 2 is 1.69 bits per heavy atom. The predicted molar refractivity (Wildman–Crippen MR) is 121 cm³/mol. The monoisotopic (exact) mass is 405 g/mol. The summed E-state index contributed by atoms with van der Waals surface area (Å²) in [6.45, 7) is 2.03. The van der Waals surface area contributed by atoms with Gasteiger partial charge >= 0.3 is 0 Å². The van der Waals surface area contributed by atoms with E-state index in [1.54, 1.807) is 7.05 Å². The molecule has 29 heavy (non-hydrogen) atoms. The van der Waals surface area contributed by atoms with Gasteiger partial charge in [0.15, 0.2) is 0 Å². The van der Waals surface area contributed by atoms with Gasteiger partial charge in [-0.1, -0.05) is 66.2 Å². The fourth-order valence-corrected chi connectivity index (χ4v) is 3.34. The van der Waals surface area contributed by atoms with Crippen LogP contribution in [0.1, 0.15) is 16.7 Å². The number of aliphatic imine (C=N–C) groups is 1. The van der Waals surface area contributed by atoms with E-state index in [1.807, 2.05) is 97.7 Å². The van der Waals surface area contributed by atoms with Crippen LogP contribution in [0.15, 0.2) is 83.9 Å². The Labute approximate surface area is 176 Å². The van der Waals surface area contributed by atoms with Crippen molar-refractivity contribution in [2.45, 2.75) is 13.1 Å². The van der Waals surface area contributed by atoms with E-state index in [0.29, 0.717) is 5.02 Å². The number of hydrogen-bond donors (Lipinski definition) is 1. The number of nitrogens with one attached hydrogen (secondary N) is 1. The second-order valence-electron chi connectivity index (χ2n) is 6.74. The molecule has 1 amide bonds. The third-order valence-corrected chi connectivity index (χ3v) is 5.00. The molecule has 3 aromatic rings. The third kappa shape index (κ3) is 4.84. The van der Waals surface area contributed by atoms with E-state index in [0.717, 1.165) is 28.1 Å². The number of anilines is 1. The van der Waals surface area contributed by atoms with E-state index in [1.165, 1.54) is 0 Å². The average molecular weight is 406 g/mol. The molecule has 0 bridgehead atoms. The number of carbonyl (C=O) groups is 1. The fraction of sp³-hybridized carbons (Fsp3) is 0.167. The topological polar surface area (TPSA) is 44.7 Å². The number of halogens is 1. The number of para-hydroxylation sites is 1. The van der Waals surface area contributed by atoms with Crippen molar-refractivity contribution in [2.24, 2.45) is 4.99 Å². The van der Waals surface area contributed by atoms with Crippen molar-refractivity contribution in [3.63, 3.8) is 0 Å². The van der Waals surface area contributed by atoms with Crippen LogP contribution < -0.4 is 10.2 Å². The Balaban J connectivity index is 2.17. The van der Waals surface area contributed by atoms with Crippen molar-refractivity contribution in [3.05, 3.63) is 101 Å². The first kappa shape index (κ1) is 20.6. The highest BCUT2D eigenvalue weighted by Crippen LogP contribution is 2.21. The summed E-state index contributed by atoms with van der Waals surface area (Å²) in [4.78, 5) is 19.6. The zero-order chi connectivity index (χ0) is 20.8. The third-order valence-electron chi connectivity index (χ3n) is 4.76. The molecule has 3 rings (SSSR count). The number of amides is 1. The maximum absolute atomic E-state index is 12.8. The summed E-state index contributed by atoms with van der Waals surface area (Å²) in [6.07, 6.45) is -0.740. The molecular weight excluding hydrogens is 382 g/mol. The van der Waals surface area contributed by atoms with Crippen LogP contribution in [0.4, 0.5) is 5.69 Å². The maximum Gasteiger partial charge on any atom is 0.265 e. The van der Waals surface area contributed by atoms with Crippen molar-refractivity contribution < 1.29 is 4.79 Å². The van der Waals surface area contributed by atoms with Crippen LogP contribution in [0.5, 0.6) is 0 Å². The molecule has 0 heterocycles. The zero-order valence-electron chi connectivity index (χ0n) is 16.8. The minimum atomic E-state index is -0.740. The quantitative estimate of drug-likeness (QED) is 0.604. The largest absolute Gasteiger partial charge is 0.356 e. The van der Waals surface area contributed by atoms with Crippen molar-refractivity contribution in [3.8, 4) is 0 Å². The first-order valence-electron chi connectivity index (χ1n) is 9.40. The summed E-state index contributed by atoms with van der Waals surface area (Å²) < 4.78 is 0. The van der Waals surface area contributed by atoms with Crippen LogP contribution in [0, 0.1) is 6.92 Å². The molecule has 1 N–H and O–H groups in total. The van der Waals surface area contributed by atoms with Crippen LogP contribution in [0.2, 0.25) is 5.02 Å². The molecule has 0 saturated carbocycles. The number of benzene rings is 3. The molecule has 0 aromatic heterocycles. The highest BCUT2D eigenvalue weighted by atomic mass is 35.5. The number of hydrogen-bond acceptors (Lipinski definition) is 3. The molecule has 3 aromatic carbocycles. The van der Waals surface area contributed by atoms with Gasteiger partial charge in [-0.15, -0.1) is 0 Å². The lowest BCUT2D eigenvalue weighted by Gasteiger charge is -2.27. The van der Waals surface area contributed by atoms with Gasteiger partial charge < -0.3 is 10.2 Å². The predicted octanol–water partition coefficient (Wildman–Crippen LogP) is 4.69. The molecule has 0 aliphatic rings. The Bertz CT molecular complexity index is 1020. The van der Waals surface area contributed by atoms with Gasteiger partial charge in [-0.25, -0.2) is 4.99 Å². The lowest BCUT2D eigenvalue weighted by atomic mass is 9.98. The molecule has 1 unspecified atom stereocenters. The van der Waals surface area contributed by atoms with Crippen molar-refractivity contribution in [1.82, 2.24) is 5.32 Å². The first-order valence-corrected chi connectivity index (χ1v) is 9.78. The van der Waals surface area contributed by atoms with Gasteiger partial charge in [0.1, 0.15) is 0 Å². The van der Waals surface area contributed by atoms with E-state index in [4.69, 9.17) is 16.6 Å². The summed E-state index contributed by atoms with van der Waals surface area (Å²) in [7, 11) is 3.49. The Morgan fingerprint density at radius 1 is 1.00 bits per heavy atom. The molecule has 0 spiro atoms. The van der Waals surface area contributed by atoms with Gasteiger partial charge in [0.2, 0.25) is 6.17 Å². The van der Waals surface area contributed by atoms with E-state index in [2.05, 4.69) is 5.32 Å². The highest BCUT2D eigenvalue weighted by Gasteiger charge is 2.24. The number of aryl methyl sites for hydroxylation is 1. The van der Waals surface area contributed by atoms with E-state index in [9.17, 15) is 4.79 Å². The molecule has 148 valence electrons. The van der Waals surface area contributed by atoms with Gasteiger partial charge in [-0.2, -0.15) is 0 Å². The summed E-state index contributed by atoms with van der Waals surface area (Å²) in [5.41, 5.74) is 4.53. The van der Waals surface area contributed by atoms with Crippen LogP contribution in [0.3, 0.4) is 0 Å². The minimum absolute atomic E-state index is 0.190. The van der Waals surface area contributed by atoms with Gasteiger partial charge in [-0.05, 0) is 36.8 Å². The lowest BCUT2D eigenvalue weighted by Crippen LogP contribution is -2.43. The molecule has 0 radical (unpaired) electrons. The molecule has 1 atom stereocenters. The number of likely N-dealkylation sites (N-methyl/N-ethyl adjacent to an activating group) is 2. The van der Waals surface area contributed by atoms with Gasteiger partial charge in [0.25, 0.3) is 5.91 Å². The fourth-order valence-electron chi connectivity index (χ4n) is 3.15. The van der Waals surface area contributed by atoms with Gasteiger partial charge in [-0.3, -0.25) is 4.79 Å².